The van der Waals surface area contributed by atoms with Crippen molar-refractivity contribution in [2.75, 3.05) is 25.6 Å². The van der Waals surface area contributed by atoms with E-state index in [9.17, 15) is 9.59 Å². The SMILES string of the molecule is CCCCNC(=O)c1ccccc1NC(=O)COc1ccccc1OC. The van der Waals surface area contributed by atoms with Gasteiger partial charge in [-0.3, -0.25) is 9.59 Å². The van der Waals surface area contributed by atoms with Crippen LogP contribution in [0.4, 0.5) is 5.69 Å². The molecule has 0 radical (unpaired) electrons. The summed E-state index contributed by atoms with van der Waals surface area (Å²) in [5.74, 6) is 0.469. The number of carbonyl (C=O) groups is 2. The molecule has 0 saturated carbocycles. The van der Waals surface area contributed by atoms with Gasteiger partial charge in [0.2, 0.25) is 0 Å². The van der Waals surface area contributed by atoms with Crippen molar-refractivity contribution >= 4 is 17.5 Å². The van der Waals surface area contributed by atoms with Gasteiger partial charge in [0.1, 0.15) is 0 Å². The molecular formula is C20H24N2O4. The van der Waals surface area contributed by atoms with Crippen molar-refractivity contribution in [3.63, 3.8) is 0 Å². The third kappa shape index (κ3) is 5.51. The molecule has 0 atom stereocenters. The fourth-order valence-corrected chi connectivity index (χ4v) is 2.33. The number of unbranched alkanes of at least 4 members (excludes halogenated alkanes) is 1. The van der Waals surface area contributed by atoms with Gasteiger partial charge in [-0.05, 0) is 30.7 Å². The van der Waals surface area contributed by atoms with Gasteiger partial charge in [0.05, 0.1) is 18.4 Å². The highest BCUT2D eigenvalue weighted by molar-refractivity contribution is 6.04. The smallest absolute Gasteiger partial charge is 0.262 e. The summed E-state index contributed by atoms with van der Waals surface area (Å²) < 4.78 is 10.7. The highest BCUT2D eigenvalue weighted by atomic mass is 16.5. The van der Waals surface area contributed by atoms with Gasteiger partial charge in [-0.1, -0.05) is 37.6 Å². The number of amides is 2. The number of benzene rings is 2. The minimum Gasteiger partial charge on any atom is -0.493 e. The Kier molecular flexibility index (Phi) is 7.49. The van der Waals surface area contributed by atoms with E-state index in [0.717, 1.165) is 12.8 Å². The number of para-hydroxylation sites is 3. The standard InChI is InChI=1S/C20H24N2O4/c1-3-4-13-21-20(24)15-9-5-6-10-16(15)22-19(23)14-26-18-12-8-7-11-17(18)25-2/h5-12H,3-4,13-14H2,1-2H3,(H,21,24)(H,22,23). The van der Waals surface area contributed by atoms with Crippen molar-refractivity contribution in [2.45, 2.75) is 19.8 Å². The van der Waals surface area contributed by atoms with E-state index >= 15 is 0 Å². The summed E-state index contributed by atoms with van der Waals surface area (Å²) in [6.07, 6.45) is 1.91. The molecule has 0 aliphatic rings. The Morgan fingerprint density at radius 1 is 1.00 bits per heavy atom. The lowest BCUT2D eigenvalue weighted by Gasteiger charge is -2.13. The predicted octanol–water partition coefficient (Wildman–Crippen LogP) is 3.24. The highest BCUT2D eigenvalue weighted by Crippen LogP contribution is 2.25. The summed E-state index contributed by atoms with van der Waals surface area (Å²) in [4.78, 5) is 24.5. The van der Waals surface area contributed by atoms with Crippen LogP contribution >= 0.6 is 0 Å². The summed E-state index contributed by atoms with van der Waals surface area (Å²) in [5, 5.41) is 5.57. The molecule has 0 aromatic heterocycles. The molecule has 0 aliphatic heterocycles. The van der Waals surface area contributed by atoms with E-state index < -0.39 is 0 Å². The highest BCUT2D eigenvalue weighted by Gasteiger charge is 2.13. The lowest BCUT2D eigenvalue weighted by atomic mass is 10.1. The third-order valence-electron chi connectivity index (χ3n) is 3.69. The van der Waals surface area contributed by atoms with E-state index in [1.54, 1.807) is 42.5 Å². The zero-order chi connectivity index (χ0) is 18.8. The van der Waals surface area contributed by atoms with E-state index in [4.69, 9.17) is 9.47 Å². The van der Waals surface area contributed by atoms with Gasteiger partial charge in [-0.25, -0.2) is 0 Å². The molecule has 6 nitrogen and oxygen atoms in total. The number of hydrogen-bond donors (Lipinski definition) is 2. The maximum atomic E-state index is 12.3. The molecule has 138 valence electrons. The predicted molar refractivity (Wildman–Crippen MR) is 101 cm³/mol. The van der Waals surface area contributed by atoms with Crippen LogP contribution in [-0.4, -0.2) is 32.1 Å². The maximum Gasteiger partial charge on any atom is 0.262 e. The molecule has 2 N–H and O–H groups in total. The largest absolute Gasteiger partial charge is 0.493 e. The Bertz CT molecular complexity index is 746. The molecule has 0 aliphatic carbocycles. The van der Waals surface area contributed by atoms with E-state index in [1.165, 1.54) is 7.11 Å². The monoisotopic (exact) mass is 356 g/mol. The molecule has 2 aromatic carbocycles. The van der Waals surface area contributed by atoms with Crippen LogP contribution in [-0.2, 0) is 4.79 Å². The normalized spacial score (nSPS) is 10.1. The van der Waals surface area contributed by atoms with Crippen LogP contribution in [0.25, 0.3) is 0 Å². The molecule has 0 saturated heterocycles. The molecular weight excluding hydrogens is 332 g/mol. The van der Waals surface area contributed by atoms with Crippen molar-refractivity contribution in [1.29, 1.82) is 0 Å². The molecule has 2 amide bonds. The molecule has 2 rings (SSSR count). The van der Waals surface area contributed by atoms with Crippen LogP contribution in [0.2, 0.25) is 0 Å². The first-order chi connectivity index (χ1) is 12.7. The topological polar surface area (TPSA) is 76.7 Å². The van der Waals surface area contributed by atoms with Crippen molar-refractivity contribution in [3.05, 3.63) is 54.1 Å². The Hall–Kier alpha value is -3.02. The average Bonchev–Trinajstić information content (AvgIpc) is 2.67. The third-order valence-corrected chi connectivity index (χ3v) is 3.69. The Morgan fingerprint density at radius 2 is 1.69 bits per heavy atom. The summed E-state index contributed by atoms with van der Waals surface area (Å²) in [6, 6.07) is 14.0. The maximum absolute atomic E-state index is 12.3. The zero-order valence-corrected chi connectivity index (χ0v) is 15.1. The van der Waals surface area contributed by atoms with Gasteiger partial charge in [0.15, 0.2) is 18.1 Å². The lowest BCUT2D eigenvalue weighted by Crippen LogP contribution is -2.27. The quantitative estimate of drug-likeness (QED) is 0.676. The number of methoxy groups -OCH3 is 1. The molecule has 6 heteroatoms. The van der Waals surface area contributed by atoms with Gasteiger partial charge in [-0.2, -0.15) is 0 Å². The van der Waals surface area contributed by atoms with Crippen LogP contribution in [0.3, 0.4) is 0 Å². The number of nitrogens with one attached hydrogen (secondary N) is 2. The van der Waals surface area contributed by atoms with Gasteiger partial charge in [0.25, 0.3) is 11.8 Å². The number of carbonyl (C=O) groups excluding carboxylic acids is 2. The first kappa shape index (κ1) is 19.3. The second-order valence-corrected chi connectivity index (χ2v) is 5.64. The Balaban J connectivity index is 1.97. The molecule has 0 unspecified atom stereocenters. The van der Waals surface area contributed by atoms with Crippen LogP contribution in [0, 0.1) is 0 Å². The van der Waals surface area contributed by atoms with E-state index in [1.807, 2.05) is 6.07 Å². The summed E-state index contributed by atoms with van der Waals surface area (Å²) >= 11 is 0. The van der Waals surface area contributed by atoms with E-state index in [2.05, 4.69) is 17.6 Å². The van der Waals surface area contributed by atoms with Crippen molar-refractivity contribution in [3.8, 4) is 11.5 Å². The average molecular weight is 356 g/mol. The van der Waals surface area contributed by atoms with Gasteiger partial charge >= 0.3 is 0 Å². The zero-order valence-electron chi connectivity index (χ0n) is 15.1. The number of ether oxygens (including phenoxy) is 2. The fourth-order valence-electron chi connectivity index (χ4n) is 2.33. The summed E-state index contributed by atoms with van der Waals surface area (Å²) in [6.45, 7) is 2.47. The number of hydrogen-bond acceptors (Lipinski definition) is 4. The van der Waals surface area contributed by atoms with Crippen molar-refractivity contribution < 1.29 is 19.1 Å². The number of anilines is 1. The van der Waals surface area contributed by atoms with Crippen LogP contribution < -0.4 is 20.1 Å². The fraction of sp³-hybridized carbons (Fsp3) is 0.300. The molecule has 0 bridgehead atoms. The summed E-state index contributed by atoms with van der Waals surface area (Å²) in [7, 11) is 1.54. The number of rotatable bonds is 9. The van der Waals surface area contributed by atoms with Crippen LogP contribution in [0.1, 0.15) is 30.1 Å². The van der Waals surface area contributed by atoms with Crippen LogP contribution in [0.5, 0.6) is 11.5 Å². The molecule has 2 aromatic rings. The molecule has 26 heavy (non-hydrogen) atoms. The minimum absolute atomic E-state index is 0.188. The summed E-state index contributed by atoms with van der Waals surface area (Å²) in [5.41, 5.74) is 0.879. The Labute approximate surface area is 153 Å². The molecule has 0 heterocycles. The lowest BCUT2D eigenvalue weighted by molar-refractivity contribution is -0.118. The van der Waals surface area contributed by atoms with E-state index in [0.29, 0.717) is 29.3 Å². The van der Waals surface area contributed by atoms with Crippen molar-refractivity contribution in [1.82, 2.24) is 5.32 Å². The Morgan fingerprint density at radius 3 is 2.42 bits per heavy atom. The second-order valence-electron chi connectivity index (χ2n) is 5.64. The first-order valence-electron chi connectivity index (χ1n) is 8.58. The van der Waals surface area contributed by atoms with E-state index in [-0.39, 0.29) is 18.4 Å². The van der Waals surface area contributed by atoms with Gasteiger partial charge in [0, 0.05) is 6.54 Å². The van der Waals surface area contributed by atoms with Crippen LogP contribution in [0.15, 0.2) is 48.5 Å². The second kappa shape index (κ2) is 10.1. The van der Waals surface area contributed by atoms with Gasteiger partial charge in [-0.15, -0.1) is 0 Å². The molecule has 0 fully saturated rings. The van der Waals surface area contributed by atoms with Gasteiger partial charge < -0.3 is 20.1 Å². The van der Waals surface area contributed by atoms with Crippen molar-refractivity contribution in [2.24, 2.45) is 0 Å². The minimum atomic E-state index is -0.357. The molecule has 0 spiro atoms. The first-order valence-corrected chi connectivity index (χ1v) is 8.58.